The molecule has 0 aliphatic heterocycles. The van der Waals surface area contributed by atoms with Gasteiger partial charge in [-0.3, -0.25) is 9.52 Å². The summed E-state index contributed by atoms with van der Waals surface area (Å²) in [6.45, 7) is 6.13. The first kappa shape index (κ1) is 19.6. The number of halogens is 1. The van der Waals surface area contributed by atoms with Gasteiger partial charge in [-0.15, -0.1) is 0 Å². The maximum absolute atomic E-state index is 13.7. The first-order valence-corrected chi connectivity index (χ1v) is 9.79. The molecule has 4 N–H and O–H groups in total. The van der Waals surface area contributed by atoms with Gasteiger partial charge < -0.3 is 15.8 Å². The molecule has 1 aliphatic carbocycles. The summed E-state index contributed by atoms with van der Waals surface area (Å²) in [7, 11) is -3.64. The zero-order valence-corrected chi connectivity index (χ0v) is 15.5. The number of nitrogens with two attached hydrogens (primary N) is 1. The first-order chi connectivity index (χ1) is 11.4. The van der Waals surface area contributed by atoms with E-state index in [0.29, 0.717) is 13.0 Å². The van der Waals surface area contributed by atoms with Crippen molar-refractivity contribution in [2.75, 3.05) is 22.9 Å². The highest BCUT2D eigenvalue weighted by atomic mass is 32.2. The number of carbonyl (C=O) groups is 1. The van der Waals surface area contributed by atoms with Gasteiger partial charge in [0, 0.05) is 24.1 Å². The molecule has 2 unspecified atom stereocenters. The molecular weight excluding hydrogens is 349 g/mol. The van der Waals surface area contributed by atoms with E-state index in [1.54, 1.807) is 0 Å². The van der Waals surface area contributed by atoms with Crippen LogP contribution in [0.1, 0.15) is 27.2 Å². The van der Waals surface area contributed by atoms with Crippen LogP contribution in [0.5, 0.6) is 0 Å². The van der Waals surface area contributed by atoms with Gasteiger partial charge in [-0.2, -0.15) is 0 Å². The fourth-order valence-electron chi connectivity index (χ4n) is 2.94. The predicted octanol–water partition coefficient (Wildman–Crippen LogP) is 1.67. The molecule has 140 valence electrons. The average Bonchev–Trinajstić information content (AvgIpc) is 2.48. The number of rotatable bonds is 6. The largest absolute Gasteiger partial charge is 0.378 e. The van der Waals surface area contributed by atoms with E-state index < -0.39 is 32.7 Å². The first-order valence-electron chi connectivity index (χ1n) is 7.90. The number of carbonyl (C=O) groups excluding carboxylic acids is 1. The minimum atomic E-state index is -3.64. The van der Waals surface area contributed by atoms with E-state index in [4.69, 9.17) is 10.5 Å². The normalized spacial score (nSPS) is 25.1. The maximum Gasteiger partial charge on any atom is 0.245 e. The second kappa shape index (κ2) is 6.54. The summed E-state index contributed by atoms with van der Waals surface area (Å²) in [5, 5.41) is 2.64. The van der Waals surface area contributed by atoms with Gasteiger partial charge in [0.2, 0.25) is 15.9 Å². The van der Waals surface area contributed by atoms with Crippen LogP contribution in [0.25, 0.3) is 0 Å². The van der Waals surface area contributed by atoms with Crippen molar-refractivity contribution in [3.8, 4) is 0 Å². The maximum atomic E-state index is 13.7. The number of nitrogens with one attached hydrogen (secondary N) is 2. The molecule has 0 heterocycles. The topological polar surface area (TPSA) is 111 Å². The molecule has 1 aromatic rings. The number of benzene rings is 1. The van der Waals surface area contributed by atoms with Crippen LogP contribution >= 0.6 is 0 Å². The monoisotopic (exact) mass is 373 g/mol. The summed E-state index contributed by atoms with van der Waals surface area (Å²) in [5.74, 6) is -1.17. The van der Waals surface area contributed by atoms with Crippen LogP contribution < -0.4 is 15.8 Å². The van der Waals surface area contributed by atoms with Crippen molar-refractivity contribution in [1.82, 2.24) is 0 Å². The minimum absolute atomic E-state index is 0.121. The van der Waals surface area contributed by atoms with Crippen molar-refractivity contribution in [3.05, 3.63) is 24.0 Å². The van der Waals surface area contributed by atoms with Crippen LogP contribution in [0.15, 0.2) is 18.2 Å². The van der Waals surface area contributed by atoms with E-state index in [1.807, 2.05) is 20.8 Å². The van der Waals surface area contributed by atoms with Gasteiger partial charge in [-0.25, -0.2) is 12.8 Å². The molecule has 2 atom stereocenters. The summed E-state index contributed by atoms with van der Waals surface area (Å²) >= 11 is 0. The summed E-state index contributed by atoms with van der Waals surface area (Å²) in [5.41, 5.74) is 4.59. The van der Waals surface area contributed by atoms with Gasteiger partial charge in [0.05, 0.1) is 18.0 Å². The molecular formula is C16H24FN3O4S. The van der Waals surface area contributed by atoms with Crippen molar-refractivity contribution in [2.45, 2.75) is 38.8 Å². The SMILES string of the molecule is CCOC1CC(N)(C(=O)Nc2ccc(F)c(NS(C)(=O)=O)c2)C1(C)C. The van der Waals surface area contributed by atoms with Crippen LogP contribution in [0, 0.1) is 11.2 Å². The van der Waals surface area contributed by atoms with Crippen molar-refractivity contribution >= 4 is 27.3 Å². The van der Waals surface area contributed by atoms with E-state index in [9.17, 15) is 17.6 Å². The molecule has 9 heteroatoms. The highest BCUT2D eigenvalue weighted by molar-refractivity contribution is 7.92. The number of sulfonamides is 1. The molecule has 25 heavy (non-hydrogen) atoms. The number of amides is 1. The van der Waals surface area contributed by atoms with Crippen LogP contribution in [-0.4, -0.2) is 38.8 Å². The lowest BCUT2D eigenvalue weighted by molar-refractivity contribution is -0.166. The minimum Gasteiger partial charge on any atom is -0.378 e. The third-order valence-electron chi connectivity index (χ3n) is 4.75. The quantitative estimate of drug-likeness (QED) is 0.702. The number of hydrogen-bond donors (Lipinski definition) is 3. The van der Waals surface area contributed by atoms with Gasteiger partial charge in [0.1, 0.15) is 11.4 Å². The van der Waals surface area contributed by atoms with Gasteiger partial charge in [0.15, 0.2) is 0 Å². The third kappa shape index (κ3) is 3.78. The highest BCUT2D eigenvalue weighted by Gasteiger charge is 2.62. The summed E-state index contributed by atoms with van der Waals surface area (Å²) in [6.07, 6.45) is 1.16. The lowest BCUT2D eigenvalue weighted by Crippen LogP contribution is -2.74. The summed E-state index contributed by atoms with van der Waals surface area (Å²) in [4.78, 5) is 12.6. The van der Waals surface area contributed by atoms with Crippen molar-refractivity contribution in [3.63, 3.8) is 0 Å². The van der Waals surface area contributed by atoms with E-state index in [0.717, 1.165) is 12.3 Å². The Kier molecular flexibility index (Phi) is 5.13. The molecule has 2 rings (SSSR count). The second-order valence-electron chi connectivity index (χ2n) is 6.86. The van der Waals surface area contributed by atoms with Crippen LogP contribution in [0.2, 0.25) is 0 Å². The second-order valence-corrected chi connectivity index (χ2v) is 8.61. The van der Waals surface area contributed by atoms with E-state index in [1.165, 1.54) is 12.1 Å². The molecule has 1 saturated carbocycles. The highest BCUT2D eigenvalue weighted by Crippen LogP contribution is 2.50. The van der Waals surface area contributed by atoms with Crippen molar-refractivity contribution in [1.29, 1.82) is 0 Å². The zero-order valence-electron chi connectivity index (χ0n) is 14.7. The van der Waals surface area contributed by atoms with Gasteiger partial charge in [-0.1, -0.05) is 13.8 Å². The number of ether oxygens (including phenoxy) is 1. The Hall–Kier alpha value is -1.71. The third-order valence-corrected chi connectivity index (χ3v) is 5.35. The van der Waals surface area contributed by atoms with Gasteiger partial charge in [0.25, 0.3) is 0 Å². The molecule has 0 saturated heterocycles. The van der Waals surface area contributed by atoms with Crippen LogP contribution in [-0.2, 0) is 19.6 Å². The lowest BCUT2D eigenvalue weighted by Gasteiger charge is -2.57. The fraction of sp³-hybridized carbons (Fsp3) is 0.562. The van der Waals surface area contributed by atoms with Crippen molar-refractivity contribution in [2.24, 2.45) is 11.1 Å². The molecule has 0 bridgehead atoms. The van der Waals surface area contributed by atoms with Gasteiger partial charge in [-0.05, 0) is 25.1 Å². The van der Waals surface area contributed by atoms with Crippen LogP contribution in [0.4, 0.5) is 15.8 Å². The Bertz CT molecular complexity index is 782. The number of anilines is 2. The van der Waals surface area contributed by atoms with E-state index >= 15 is 0 Å². The molecule has 1 aliphatic rings. The standard InChI is InChI=1S/C16H24FN3O4S/c1-5-24-13-9-16(18,15(13,2)3)14(21)19-10-6-7-11(17)12(8-10)20-25(4,22)23/h6-8,13,20H,5,9,18H2,1-4H3,(H,19,21). The number of hydrogen-bond acceptors (Lipinski definition) is 5. The van der Waals surface area contributed by atoms with E-state index in [2.05, 4.69) is 10.0 Å². The van der Waals surface area contributed by atoms with Crippen molar-refractivity contribution < 1.29 is 22.3 Å². The zero-order chi connectivity index (χ0) is 19.0. The smallest absolute Gasteiger partial charge is 0.245 e. The Morgan fingerprint density at radius 3 is 2.60 bits per heavy atom. The fourth-order valence-corrected chi connectivity index (χ4v) is 3.50. The molecule has 0 radical (unpaired) electrons. The Balaban J connectivity index is 2.17. The average molecular weight is 373 g/mol. The Labute approximate surface area is 147 Å². The Morgan fingerprint density at radius 2 is 2.08 bits per heavy atom. The summed E-state index contributed by atoms with van der Waals surface area (Å²) < 4.78 is 44.0. The van der Waals surface area contributed by atoms with Gasteiger partial charge >= 0.3 is 0 Å². The predicted molar refractivity (Wildman–Crippen MR) is 94.2 cm³/mol. The molecule has 7 nitrogen and oxygen atoms in total. The lowest BCUT2D eigenvalue weighted by atomic mass is 9.54. The Morgan fingerprint density at radius 1 is 1.44 bits per heavy atom. The molecule has 1 aromatic carbocycles. The molecule has 1 amide bonds. The summed E-state index contributed by atoms with van der Waals surface area (Å²) in [6, 6.07) is 3.63. The molecule has 0 spiro atoms. The van der Waals surface area contributed by atoms with E-state index in [-0.39, 0.29) is 17.5 Å². The van der Waals surface area contributed by atoms with Crippen LogP contribution in [0.3, 0.4) is 0 Å². The molecule has 1 fully saturated rings. The molecule has 0 aromatic heterocycles.